The molecule has 0 fully saturated rings. The lowest BCUT2D eigenvalue weighted by Crippen LogP contribution is -2.16. The van der Waals surface area contributed by atoms with Gasteiger partial charge in [-0.1, -0.05) is 44.2 Å². The summed E-state index contributed by atoms with van der Waals surface area (Å²) in [5, 5.41) is 6.50. The van der Waals surface area contributed by atoms with Gasteiger partial charge in [0.1, 0.15) is 5.82 Å². The molecule has 0 saturated heterocycles. The quantitative estimate of drug-likeness (QED) is 0.762. The van der Waals surface area contributed by atoms with Gasteiger partial charge in [-0.05, 0) is 0 Å². The highest BCUT2D eigenvalue weighted by atomic mass is 16.1. The maximum absolute atomic E-state index is 11.8. The number of aromatic amines is 1. The minimum Gasteiger partial charge on any atom is -0.246 e. The average molecular weight is 254 g/mol. The van der Waals surface area contributed by atoms with Crippen LogP contribution in [-0.4, -0.2) is 19.6 Å². The minimum atomic E-state index is -0.245. The first-order chi connectivity index (χ1) is 9.16. The molecule has 0 amide bonds. The van der Waals surface area contributed by atoms with Gasteiger partial charge in [-0.15, -0.1) is 0 Å². The number of nitrogens with zero attached hydrogens (tertiary/aromatic N) is 3. The molecule has 19 heavy (non-hydrogen) atoms. The molecule has 0 saturated carbocycles. The third-order valence-corrected chi connectivity index (χ3v) is 3.01. The number of rotatable bonds is 2. The summed E-state index contributed by atoms with van der Waals surface area (Å²) in [4.78, 5) is 16.4. The monoisotopic (exact) mass is 254 g/mol. The Kier molecular flexibility index (Phi) is 2.67. The summed E-state index contributed by atoms with van der Waals surface area (Å²) < 4.78 is 1.52. The van der Waals surface area contributed by atoms with E-state index in [0.717, 1.165) is 17.1 Å². The van der Waals surface area contributed by atoms with Gasteiger partial charge >= 0.3 is 5.69 Å². The highest BCUT2D eigenvalue weighted by molar-refractivity contribution is 5.63. The molecule has 0 unspecified atom stereocenters. The fourth-order valence-corrected chi connectivity index (χ4v) is 2.10. The fraction of sp³-hybridized carbons (Fsp3) is 0.214. The van der Waals surface area contributed by atoms with Gasteiger partial charge in [0.2, 0.25) is 0 Å². The molecule has 0 spiro atoms. The van der Waals surface area contributed by atoms with Crippen molar-refractivity contribution in [2.45, 2.75) is 19.8 Å². The van der Waals surface area contributed by atoms with Gasteiger partial charge in [-0.25, -0.2) is 19.3 Å². The molecule has 3 rings (SSSR count). The zero-order chi connectivity index (χ0) is 13.4. The lowest BCUT2D eigenvalue weighted by Gasteiger charge is -2.09. The number of fused-ring (bicyclic) bond motifs is 1. The molecule has 2 aromatic heterocycles. The standard InChI is InChI=1S/C14H14N4O/c1-9(2)13-15-11(10-6-4-3-5-7-10)8-12-16-17-14(19)18(12)13/h3-9H,1-2H3,(H,17,19). The summed E-state index contributed by atoms with van der Waals surface area (Å²) >= 11 is 0. The van der Waals surface area contributed by atoms with Gasteiger partial charge in [-0.2, -0.15) is 5.10 Å². The van der Waals surface area contributed by atoms with E-state index in [-0.39, 0.29) is 11.6 Å². The van der Waals surface area contributed by atoms with Crippen molar-refractivity contribution in [1.82, 2.24) is 19.6 Å². The van der Waals surface area contributed by atoms with E-state index < -0.39 is 0 Å². The number of benzene rings is 1. The zero-order valence-corrected chi connectivity index (χ0v) is 10.8. The third kappa shape index (κ3) is 1.93. The van der Waals surface area contributed by atoms with Crippen molar-refractivity contribution in [2.75, 3.05) is 0 Å². The smallest absolute Gasteiger partial charge is 0.246 e. The Morgan fingerprint density at radius 3 is 2.63 bits per heavy atom. The predicted octanol–water partition coefficient (Wildman–Crippen LogP) is 2.21. The molecule has 1 aromatic carbocycles. The Morgan fingerprint density at radius 1 is 1.21 bits per heavy atom. The molecule has 1 N–H and O–H groups in total. The number of hydrogen-bond donors (Lipinski definition) is 1. The second-order valence-corrected chi connectivity index (χ2v) is 4.74. The first-order valence-electron chi connectivity index (χ1n) is 6.20. The highest BCUT2D eigenvalue weighted by Gasteiger charge is 2.13. The molecule has 0 radical (unpaired) electrons. The summed E-state index contributed by atoms with van der Waals surface area (Å²) in [6.07, 6.45) is 0. The Hall–Kier alpha value is -2.43. The first kappa shape index (κ1) is 11.6. The third-order valence-electron chi connectivity index (χ3n) is 3.01. The van der Waals surface area contributed by atoms with E-state index in [4.69, 9.17) is 0 Å². The molecule has 5 nitrogen and oxygen atoms in total. The second-order valence-electron chi connectivity index (χ2n) is 4.74. The summed E-state index contributed by atoms with van der Waals surface area (Å²) in [7, 11) is 0. The van der Waals surface area contributed by atoms with Crippen LogP contribution in [0.5, 0.6) is 0 Å². The van der Waals surface area contributed by atoms with E-state index >= 15 is 0 Å². The predicted molar refractivity (Wildman–Crippen MR) is 73.1 cm³/mol. The van der Waals surface area contributed by atoms with Crippen molar-refractivity contribution < 1.29 is 0 Å². The van der Waals surface area contributed by atoms with Crippen LogP contribution in [-0.2, 0) is 0 Å². The maximum atomic E-state index is 11.8. The molecule has 0 atom stereocenters. The lowest BCUT2D eigenvalue weighted by atomic mass is 10.1. The van der Waals surface area contributed by atoms with Crippen molar-refractivity contribution in [1.29, 1.82) is 0 Å². The van der Waals surface area contributed by atoms with E-state index in [1.807, 2.05) is 50.2 Å². The van der Waals surface area contributed by atoms with Crippen molar-refractivity contribution >= 4 is 5.65 Å². The Balaban J connectivity index is 2.32. The van der Waals surface area contributed by atoms with Crippen molar-refractivity contribution in [3.63, 3.8) is 0 Å². The van der Waals surface area contributed by atoms with E-state index in [2.05, 4.69) is 15.2 Å². The van der Waals surface area contributed by atoms with Crippen LogP contribution in [0.3, 0.4) is 0 Å². The van der Waals surface area contributed by atoms with Gasteiger partial charge in [0, 0.05) is 17.5 Å². The van der Waals surface area contributed by atoms with Gasteiger partial charge in [0.25, 0.3) is 0 Å². The molecular weight excluding hydrogens is 240 g/mol. The van der Waals surface area contributed by atoms with Crippen LogP contribution >= 0.6 is 0 Å². The van der Waals surface area contributed by atoms with Gasteiger partial charge in [0.05, 0.1) is 5.69 Å². The van der Waals surface area contributed by atoms with Crippen LogP contribution in [0.1, 0.15) is 25.6 Å². The summed E-state index contributed by atoms with van der Waals surface area (Å²) in [5.41, 5.74) is 2.20. The summed E-state index contributed by atoms with van der Waals surface area (Å²) in [6.45, 7) is 4.02. The zero-order valence-electron chi connectivity index (χ0n) is 10.8. The highest BCUT2D eigenvalue weighted by Crippen LogP contribution is 2.21. The summed E-state index contributed by atoms with van der Waals surface area (Å²) in [6, 6.07) is 11.7. The minimum absolute atomic E-state index is 0.140. The number of H-pyrrole nitrogens is 1. The molecular formula is C14H14N4O. The molecule has 0 aliphatic rings. The number of hydrogen-bond acceptors (Lipinski definition) is 3. The first-order valence-corrected chi connectivity index (χ1v) is 6.20. The Morgan fingerprint density at radius 2 is 1.95 bits per heavy atom. The van der Waals surface area contributed by atoms with Crippen molar-refractivity contribution in [3.05, 3.63) is 52.7 Å². The van der Waals surface area contributed by atoms with Gasteiger partial charge in [-0.3, -0.25) is 0 Å². The van der Waals surface area contributed by atoms with Crippen LogP contribution < -0.4 is 5.69 Å². The molecule has 3 aromatic rings. The largest absolute Gasteiger partial charge is 0.349 e. The van der Waals surface area contributed by atoms with Crippen LogP contribution in [0.25, 0.3) is 16.9 Å². The SMILES string of the molecule is CC(C)c1nc(-c2ccccc2)cc2n[nH]c(=O)n12. The topological polar surface area (TPSA) is 63.0 Å². The average Bonchev–Trinajstić information content (AvgIpc) is 2.80. The summed E-state index contributed by atoms with van der Waals surface area (Å²) in [5.74, 6) is 0.858. The molecule has 0 aliphatic carbocycles. The Labute approximate surface area is 109 Å². The van der Waals surface area contributed by atoms with Crippen LogP contribution in [0.2, 0.25) is 0 Å². The number of nitrogens with one attached hydrogen (secondary N) is 1. The van der Waals surface area contributed by atoms with Crippen molar-refractivity contribution in [2.24, 2.45) is 0 Å². The Bertz CT molecular complexity index is 771. The normalized spacial score (nSPS) is 11.3. The van der Waals surface area contributed by atoms with Crippen LogP contribution in [0.15, 0.2) is 41.2 Å². The molecule has 0 bridgehead atoms. The number of aromatic nitrogens is 4. The van der Waals surface area contributed by atoms with Crippen molar-refractivity contribution in [3.8, 4) is 11.3 Å². The fourth-order valence-electron chi connectivity index (χ4n) is 2.10. The van der Waals surface area contributed by atoms with E-state index in [9.17, 15) is 4.79 Å². The van der Waals surface area contributed by atoms with E-state index in [1.165, 1.54) is 4.40 Å². The molecule has 5 heteroatoms. The maximum Gasteiger partial charge on any atom is 0.349 e. The second kappa shape index (κ2) is 4.35. The van der Waals surface area contributed by atoms with Crippen LogP contribution in [0, 0.1) is 0 Å². The van der Waals surface area contributed by atoms with Crippen LogP contribution in [0.4, 0.5) is 0 Å². The van der Waals surface area contributed by atoms with E-state index in [1.54, 1.807) is 0 Å². The molecule has 2 heterocycles. The lowest BCUT2D eigenvalue weighted by molar-refractivity contribution is 0.743. The molecule has 96 valence electrons. The van der Waals surface area contributed by atoms with E-state index in [0.29, 0.717) is 5.65 Å². The molecule has 0 aliphatic heterocycles. The van der Waals surface area contributed by atoms with Gasteiger partial charge in [0.15, 0.2) is 5.65 Å². The van der Waals surface area contributed by atoms with Gasteiger partial charge < -0.3 is 0 Å².